The Morgan fingerprint density at radius 1 is 0.538 bits per heavy atom. The molecule has 0 saturated heterocycles. The number of unbranched alkanes of at least 4 members (excludes halogenated alkanes) is 15. The summed E-state index contributed by atoms with van der Waals surface area (Å²) in [6.45, 7) is 4.36. The zero-order chi connectivity index (χ0) is 20.1. The Morgan fingerprint density at radius 3 is 0.962 bits per heavy atom. The summed E-state index contributed by atoms with van der Waals surface area (Å²) in [5, 5.41) is 5.40. The fourth-order valence-corrected chi connectivity index (χ4v) is 2.69. The molecule has 0 spiro atoms. The van der Waals surface area contributed by atoms with Crippen LogP contribution in [0.4, 0.5) is 0 Å². The van der Waals surface area contributed by atoms with Crippen LogP contribution in [0.2, 0.25) is 0 Å². The highest BCUT2D eigenvalue weighted by atomic mass is 16.1. The van der Waals surface area contributed by atoms with Crippen molar-refractivity contribution in [1.82, 2.24) is 0 Å². The first kappa shape index (κ1) is 30.0. The van der Waals surface area contributed by atoms with Crippen molar-refractivity contribution in [2.45, 2.75) is 110 Å². The number of nitrogens with two attached hydrogens (primary N) is 3. The van der Waals surface area contributed by atoms with E-state index in [2.05, 4.69) is 6.92 Å². The van der Waals surface area contributed by atoms with Gasteiger partial charge in [-0.2, -0.15) is 0 Å². The van der Waals surface area contributed by atoms with E-state index in [0.29, 0.717) is 13.1 Å². The van der Waals surface area contributed by atoms with Gasteiger partial charge in [-0.25, -0.2) is 10.2 Å². The van der Waals surface area contributed by atoms with Crippen LogP contribution >= 0.6 is 0 Å². The lowest BCUT2D eigenvalue weighted by atomic mass is 10.0. The topological polar surface area (TPSA) is 119 Å². The number of isocyanates is 1. The van der Waals surface area contributed by atoms with Crippen molar-refractivity contribution < 1.29 is 4.79 Å². The van der Waals surface area contributed by atoms with Crippen LogP contribution in [0.3, 0.4) is 0 Å². The molecule has 0 bridgehead atoms. The highest BCUT2D eigenvalue weighted by Crippen LogP contribution is 2.13. The Hall–Kier alpha value is -0.740. The summed E-state index contributed by atoms with van der Waals surface area (Å²) in [4.78, 5) is 8.35. The summed E-state index contributed by atoms with van der Waals surface area (Å²) in [5.74, 6) is 0. The second-order valence-corrected chi connectivity index (χ2v) is 6.77. The molecule has 0 aromatic rings. The lowest BCUT2D eigenvalue weighted by Crippen LogP contribution is -2.11. The Morgan fingerprint density at radius 2 is 0.769 bits per heavy atom. The van der Waals surface area contributed by atoms with Crippen LogP contribution in [-0.4, -0.2) is 25.7 Å². The molecule has 0 aromatic heterocycles. The Balaban J connectivity index is -0.000000643. The van der Waals surface area contributed by atoms with Crippen molar-refractivity contribution in [3.05, 3.63) is 0 Å². The van der Waals surface area contributed by atoms with Gasteiger partial charge in [0.2, 0.25) is 6.08 Å². The van der Waals surface area contributed by atoms with Gasteiger partial charge in [0.15, 0.2) is 0 Å². The van der Waals surface area contributed by atoms with E-state index in [9.17, 15) is 0 Å². The maximum Gasteiger partial charge on any atom is 0.231 e. The van der Waals surface area contributed by atoms with Gasteiger partial charge in [-0.3, -0.25) is 0 Å². The van der Waals surface area contributed by atoms with Crippen molar-refractivity contribution in [3.8, 4) is 0 Å². The summed E-state index contributed by atoms with van der Waals surface area (Å²) in [6.07, 6.45) is 23.6. The number of rotatable bonds is 17. The molecule has 0 radical (unpaired) electrons. The molecule has 0 unspecified atom stereocenters. The van der Waals surface area contributed by atoms with Gasteiger partial charge in [-0.1, -0.05) is 103 Å². The molecule has 158 valence electrons. The SMILES string of the molecule is CCCCCCCCCCCCCCCCCCN.N=C=O.NCCN. The lowest BCUT2D eigenvalue weighted by molar-refractivity contribution is 0.530. The molecule has 26 heavy (non-hydrogen) atoms. The number of hydrogen-bond acceptors (Lipinski definition) is 5. The average molecular weight is 373 g/mol. The molecular formula is C21H48N4O. The highest BCUT2D eigenvalue weighted by molar-refractivity contribution is 5.26. The maximum absolute atomic E-state index is 8.35. The van der Waals surface area contributed by atoms with E-state index in [1.807, 2.05) is 0 Å². The monoisotopic (exact) mass is 372 g/mol. The van der Waals surface area contributed by atoms with Crippen LogP contribution in [0.5, 0.6) is 0 Å². The van der Waals surface area contributed by atoms with Gasteiger partial charge in [0.25, 0.3) is 0 Å². The molecule has 0 amide bonds. The zero-order valence-electron chi connectivity index (χ0n) is 17.6. The first-order valence-corrected chi connectivity index (χ1v) is 10.9. The third kappa shape index (κ3) is 43.6. The third-order valence-corrected chi connectivity index (χ3v) is 4.22. The smallest absolute Gasteiger partial charge is 0.231 e. The van der Waals surface area contributed by atoms with Crippen molar-refractivity contribution >= 4 is 6.08 Å². The van der Waals surface area contributed by atoms with Gasteiger partial charge in [-0.15, -0.1) is 0 Å². The van der Waals surface area contributed by atoms with E-state index in [-0.39, 0.29) is 0 Å². The zero-order valence-corrected chi connectivity index (χ0v) is 17.6. The van der Waals surface area contributed by atoms with E-state index in [1.165, 1.54) is 103 Å². The molecule has 0 atom stereocenters. The van der Waals surface area contributed by atoms with Crippen molar-refractivity contribution in [3.63, 3.8) is 0 Å². The quantitative estimate of drug-likeness (QED) is 0.163. The van der Waals surface area contributed by atoms with Gasteiger partial charge < -0.3 is 17.2 Å². The molecule has 5 nitrogen and oxygen atoms in total. The van der Waals surface area contributed by atoms with Crippen LogP contribution in [-0.2, 0) is 4.79 Å². The summed E-state index contributed by atoms with van der Waals surface area (Å²) >= 11 is 0. The van der Waals surface area contributed by atoms with Crippen LogP contribution in [0, 0.1) is 5.41 Å². The van der Waals surface area contributed by atoms with Crippen molar-refractivity contribution in [2.75, 3.05) is 19.6 Å². The predicted molar refractivity (Wildman–Crippen MR) is 115 cm³/mol. The molecular weight excluding hydrogens is 324 g/mol. The van der Waals surface area contributed by atoms with Gasteiger partial charge in [-0.05, 0) is 13.0 Å². The van der Waals surface area contributed by atoms with Crippen LogP contribution in [0.1, 0.15) is 110 Å². The molecule has 5 heteroatoms. The Kier molecular flexibility index (Phi) is 40.8. The fourth-order valence-electron chi connectivity index (χ4n) is 2.69. The average Bonchev–Trinajstić information content (AvgIpc) is 2.66. The minimum atomic E-state index is 0.597. The van der Waals surface area contributed by atoms with Crippen molar-refractivity contribution in [1.29, 1.82) is 5.41 Å². The second-order valence-electron chi connectivity index (χ2n) is 6.77. The highest BCUT2D eigenvalue weighted by Gasteiger charge is 1.94. The maximum atomic E-state index is 8.35. The Labute approximate surface area is 163 Å². The van der Waals surface area contributed by atoms with E-state index in [4.69, 9.17) is 27.4 Å². The molecule has 0 saturated carbocycles. The van der Waals surface area contributed by atoms with Gasteiger partial charge in [0.05, 0.1) is 0 Å². The molecule has 0 fully saturated rings. The first-order chi connectivity index (χ1) is 12.7. The third-order valence-electron chi connectivity index (χ3n) is 4.22. The predicted octanol–water partition coefficient (Wildman–Crippen LogP) is 5.01. The van der Waals surface area contributed by atoms with Gasteiger partial charge in [0.1, 0.15) is 0 Å². The standard InChI is InChI=1S/C18H39N.C2H8N2.CHNO/c1-2-3-4-5-6-7-8-9-10-11-12-13-14-15-16-17-18-19;3-1-2-4;2-1-3/h2-19H2,1H3;1-4H2;2H. The van der Waals surface area contributed by atoms with Crippen LogP contribution < -0.4 is 17.2 Å². The Bertz CT molecular complexity index is 226. The molecule has 0 aliphatic carbocycles. The number of carbonyl (C=O) groups excluding carboxylic acids is 1. The number of hydrogen-bond donors (Lipinski definition) is 4. The second kappa shape index (κ2) is 35.4. The molecule has 0 aromatic carbocycles. The normalized spacial score (nSPS) is 9.54. The minimum Gasteiger partial charge on any atom is -0.330 e. The van der Waals surface area contributed by atoms with E-state index < -0.39 is 0 Å². The fraction of sp³-hybridized carbons (Fsp3) is 0.952. The summed E-state index contributed by atoms with van der Waals surface area (Å²) < 4.78 is 0. The summed E-state index contributed by atoms with van der Waals surface area (Å²) in [5.41, 5.74) is 15.3. The minimum absolute atomic E-state index is 0.597. The van der Waals surface area contributed by atoms with E-state index >= 15 is 0 Å². The van der Waals surface area contributed by atoms with Crippen LogP contribution in [0.25, 0.3) is 0 Å². The van der Waals surface area contributed by atoms with Gasteiger partial charge in [0, 0.05) is 13.1 Å². The molecule has 0 aliphatic heterocycles. The first-order valence-electron chi connectivity index (χ1n) is 10.9. The van der Waals surface area contributed by atoms with Gasteiger partial charge >= 0.3 is 0 Å². The molecule has 0 aliphatic rings. The number of nitrogens with one attached hydrogen (secondary N) is 1. The van der Waals surface area contributed by atoms with Crippen LogP contribution in [0.15, 0.2) is 0 Å². The van der Waals surface area contributed by atoms with Crippen molar-refractivity contribution in [2.24, 2.45) is 17.2 Å². The summed E-state index contributed by atoms with van der Waals surface area (Å²) in [7, 11) is 0. The molecule has 0 rings (SSSR count). The van der Waals surface area contributed by atoms with E-state index in [1.54, 1.807) is 0 Å². The lowest BCUT2D eigenvalue weighted by Gasteiger charge is -2.03. The molecule has 0 heterocycles. The van der Waals surface area contributed by atoms with E-state index in [0.717, 1.165) is 12.6 Å². The largest absolute Gasteiger partial charge is 0.330 e. The molecule has 7 N–H and O–H groups in total. The summed E-state index contributed by atoms with van der Waals surface area (Å²) in [6, 6.07) is 0.